The molecule has 3 nitrogen and oxygen atoms in total. The number of ether oxygens (including phenoxy) is 1. The van der Waals surface area contributed by atoms with Gasteiger partial charge in [-0.3, -0.25) is 0 Å². The van der Waals surface area contributed by atoms with Crippen LogP contribution >= 0.6 is 12.6 Å². The zero-order chi connectivity index (χ0) is 14.7. The van der Waals surface area contributed by atoms with Crippen LogP contribution in [0.4, 0.5) is 0 Å². The number of thiol groups is 1. The molecule has 1 aromatic carbocycles. The van der Waals surface area contributed by atoms with Crippen molar-refractivity contribution in [3.05, 3.63) is 40.2 Å². The second-order valence-corrected chi connectivity index (χ2v) is 5.77. The van der Waals surface area contributed by atoms with Crippen molar-refractivity contribution in [1.82, 2.24) is 0 Å². The molecular formula is C16H20O3S. The van der Waals surface area contributed by atoms with Gasteiger partial charge in [0.2, 0.25) is 0 Å². The van der Waals surface area contributed by atoms with Crippen molar-refractivity contribution in [2.45, 2.75) is 20.8 Å². The summed E-state index contributed by atoms with van der Waals surface area (Å²) < 4.78 is 11.0. The Morgan fingerprint density at radius 1 is 1.30 bits per heavy atom. The normalized spacial score (nSPS) is 12.8. The summed E-state index contributed by atoms with van der Waals surface area (Å²) in [5, 5.41) is 0.937. The van der Waals surface area contributed by atoms with Gasteiger partial charge in [0.1, 0.15) is 11.3 Å². The second kappa shape index (κ2) is 6.35. The van der Waals surface area contributed by atoms with Crippen LogP contribution in [0.15, 0.2) is 33.5 Å². The fourth-order valence-electron chi connectivity index (χ4n) is 2.05. The minimum absolute atomic E-state index is 0.331. The lowest BCUT2D eigenvalue weighted by atomic mass is 9.99. The number of hydrogen-bond acceptors (Lipinski definition) is 4. The van der Waals surface area contributed by atoms with Crippen LogP contribution < -0.4 is 10.4 Å². The smallest absolute Gasteiger partial charge is 0.336 e. The minimum Gasteiger partial charge on any atom is -0.493 e. The zero-order valence-electron chi connectivity index (χ0n) is 12.1. The van der Waals surface area contributed by atoms with E-state index in [1.54, 1.807) is 6.07 Å². The molecule has 0 spiro atoms. The first kappa shape index (κ1) is 15.0. The van der Waals surface area contributed by atoms with Gasteiger partial charge in [0.25, 0.3) is 0 Å². The molecule has 0 saturated heterocycles. The third-order valence-corrected chi connectivity index (χ3v) is 4.03. The fraction of sp³-hybridized carbons (Fsp3) is 0.438. The standard InChI is InChI=1S/C16H20O3S/c1-10(2)12(9-20)8-18-13-4-5-14-11(3)6-16(17)19-15(14)7-13/h4-7,10,12,20H,8-9H2,1-3H3. The van der Waals surface area contributed by atoms with Crippen molar-refractivity contribution >= 4 is 23.6 Å². The maximum absolute atomic E-state index is 11.4. The van der Waals surface area contributed by atoms with E-state index in [1.807, 2.05) is 19.1 Å². The van der Waals surface area contributed by atoms with Crippen molar-refractivity contribution in [3.8, 4) is 5.75 Å². The highest BCUT2D eigenvalue weighted by atomic mass is 32.1. The van der Waals surface area contributed by atoms with E-state index in [4.69, 9.17) is 9.15 Å². The van der Waals surface area contributed by atoms with Crippen LogP contribution in [-0.2, 0) is 0 Å². The Balaban J connectivity index is 2.22. The molecule has 1 heterocycles. The maximum Gasteiger partial charge on any atom is 0.336 e. The predicted octanol–water partition coefficient (Wildman–Crippen LogP) is 3.68. The molecule has 0 aliphatic heterocycles. The highest BCUT2D eigenvalue weighted by Crippen LogP contribution is 2.23. The van der Waals surface area contributed by atoms with E-state index in [0.29, 0.717) is 24.0 Å². The summed E-state index contributed by atoms with van der Waals surface area (Å²) in [6.45, 7) is 6.83. The Morgan fingerprint density at radius 2 is 2.05 bits per heavy atom. The van der Waals surface area contributed by atoms with E-state index in [2.05, 4.69) is 26.5 Å². The molecule has 0 aliphatic rings. The van der Waals surface area contributed by atoms with E-state index in [-0.39, 0.29) is 5.63 Å². The molecule has 1 aromatic heterocycles. The quantitative estimate of drug-likeness (QED) is 0.675. The lowest BCUT2D eigenvalue weighted by Crippen LogP contribution is -2.19. The van der Waals surface area contributed by atoms with Gasteiger partial charge in [0.15, 0.2) is 0 Å². The summed E-state index contributed by atoms with van der Waals surface area (Å²) >= 11 is 4.35. The zero-order valence-corrected chi connectivity index (χ0v) is 12.9. The molecule has 0 fully saturated rings. The van der Waals surface area contributed by atoms with Crippen molar-refractivity contribution in [3.63, 3.8) is 0 Å². The Bertz CT molecular complexity index is 646. The van der Waals surface area contributed by atoms with Crippen molar-refractivity contribution < 1.29 is 9.15 Å². The van der Waals surface area contributed by atoms with E-state index >= 15 is 0 Å². The largest absolute Gasteiger partial charge is 0.493 e. The average Bonchev–Trinajstić information content (AvgIpc) is 2.38. The summed E-state index contributed by atoms with van der Waals surface area (Å²) in [5.74, 6) is 2.43. The topological polar surface area (TPSA) is 39.4 Å². The monoisotopic (exact) mass is 292 g/mol. The first-order valence-corrected chi connectivity index (χ1v) is 7.42. The van der Waals surface area contributed by atoms with E-state index in [0.717, 1.165) is 22.5 Å². The lowest BCUT2D eigenvalue weighted by molar-refractivity contribution is 0.227. The molecule has 2 rings (SSSR count). The van der Waals surface area contributed by atoms with Gasteiger partial charge < -0.3 is 9.15 Å². The summed E-state index contributed by atoms with van der Waals surface area (Å²) in [6, 6.07) is 7.11. The molecule has 20 heavy (non-hydrogen) atoms. The van der Waals surface area contributed by atoms with Crippen LogP contribution in [0, 0.1) is 18.8 Å². The highest BCUT2D eigenvalue weighted by Gasteiger charge is 2.12. The molecule has 0 radical (unpaired) electrons. The van der Waals surface area contributed by atoms with Crippen molar-refractivity contribution in [2.24, 2.45) is 11.8 Å². The van der Waals surface area contributed by atoms with Gasteiger partial charge in [-0.25, -0.2) is 4.79 Å². The number of benzene rings is 1. The van der Waals surface area contributed by atoms with Gasteiger partial charge in [0, 0.05) is 23.4 Å². The van der Waals surface area contributed by atoms with Crippen LogP contribution in [0.5, 0.6) is 5.75 Å². The Hall–Kier alpha value is -1.42. The van der Waals surface area contributed by atoms with Crippen molar-refractivity contribution in [1.29, 1.82) is 0 Å². The average molecular weight is 292 g/mol. The van der Waals surface area contributed by atoms with E-state index in [9.17, 15) is 4.79 Å². The molecule has 1 atom stereocenters. The number of hydrogen-bond donors (Lipinski definition) is 1. The van der Waals surface area contributed by atoms with E-state index in [1.165, 1.54) is 6.07 Å². The SMILES string of the molecule is Cc1cc(=O)oc2cc(OCC(CS)C(C)C)ccc12. The van der Waals surface area contributed by atoms with Gasteiger partial charge in [0.05, 0.1) is 6.61 Å². The predicted molar refractivity (Wildman–Crippen MR) is 84.9 cm³/mol. The van der Waals surface area contributed by atoms with Gasteiger partial charge in [-0.15, -0.1) is 0 Å². The number of aryl methyl sites for hydroxylation is 1. The van der Waals surface area contributed by atoms with E-state index < -0.39 is 0 Å². The molecule has 1 unspecified atom stereocenters. The number of fused-ring (bicyclic) bond motifs is 1. The summed E-state index contributed by atoms with van der Waals surface area (Å²) in [6.07, 6.45) is 0. The van der Waals surface area contributed by atoms with Crippen molar-refractivity contribution in [2.75, 3.05) is 12.4 Å². The van der Waals surface area contributed by atoms with Gasteiger partial charge in [-0.1, -0.05) is 13.8 Å². The van der Waals surface area contributed by atoms with Gasteiger partial charge in [-0.05, 0) is 36.3 Å². The third-order valence-electron chi connectivity index (χ3n) is 3.56. The molecule has 0 bridgehead atoms. The third kappa shape index (κ3) is 3.37. The van der Waals surface area contributed by atoms with Gasteiger partial charge in [-0.2, -0.15) is 12.6 Å². The van der Waals surface area contributed by atoms with Crippen LogP contribution in [0.1, 0.15) is 19.4 Å². The van der Waals surface area contributed by atoms with Crippen LogP contribution in [0.25, 0.3) is 11.0 Å². The molecule has 2 aromatic rings. The fourth-order valence-corrected chi connectivity index (χ4v) is 2.58. The summed E-state index contributed by atoms with van der Waals surface area (Å²) in [4.78, 5) is 11.4. The number of rotatable bonds is 5. The first-order chi connectivity index (χ1) is 9.51. The lowest BCUT2D eigenvalue weighted by Gasteiger charge is -2.19. The first-order valence-electron chi connectivity index (χ1n) is 6.79. The van der Waals surface area contributed by atoms with Gasteiger partial charge >= 0.3 is 5.63 Å². The second-order valence-electron chi connectivity index (χ2n) is 5.40. The molecule has 4 heteroatoms. The molecular weight excluding hydrogens is 272 g/mol. The molecule has 0 saturated carbocycles. The molecule has 0 amide bonds. The van der Waals surface area contributed by atoms with Crippen LogP contribution in [0.3, 0.4) is 0 Å². The highest BCUT2D eigenvalue weighted by molar-refractivity contribution is 7.80. The summed E-state index contributed by atoms with van der Waals surface area (Å²) in [5.41, 5.74) is 1.15. The molecule has 0 N–H and O–H groups in total. The maximum atomic E-state index is 11.4. The Labute approximate surface area is 124 Å². The molecule has 0 aliphatic carbocycles. The van der Waals surface area contributed by atoms with Crippen LogP contribution in [0.2, 0.25) is 0 Å². The Kier molecular flexibility index (Phi) is 4.76. The van der Waals surface area contributed by atoms with Crippen LogP contribution in [-0.4, -0.2) is 12.4 Å². The minimum atomic E-state index is -0.331. The Morgan fingerprint density at radius 3 is 2.70 bits per heavy atom. The summed E-state index contributed by atoms with van der Waals surface area (Å²) in [7, 11) is 0. The molecule has 108 valence electrons.